The van der Waals surface area contributed by atoms with Crippen molar-refractivity contribution in [3.63, 3.8) is 0 Å². The Hall–Kier alpha value is -2.41. The summed E-state index contributed by atoms with van der Waals surface area (Å²) in [5.74, 6) is 0.603. The van der Waals surface area contributed by atoms with Crippen molar-refractivity contribution in [2.24, 2.45) is 11.7 Å². The standard InChI is InChI=1S/C18H23N5O2/c19-6-8-23-16-5-7-22(10-13(16)2-4-17(23)24)18(25)12-1-3-14-15(9-12)21-11-20-14/h1,3,9,11,13,16H,2,4-8,10,19H2,(H,20,21)/t13-,16+/m0/s1. The number of carbonyl (C=O) groups is 2. The highest BCUT2D eigenvalue weighted by molar-refractivity contribution is 5.97. The van der Waals surface area contributed by atoms with Crippen LogP contribution in [0.4, 0.5) is 0 Å². The Bertz CT molecular complexity index is 802. The van der Waals surface area contributed by atoms with E-state index in [0.29, 0.717) is 44.1 Å². The van der Waals surface area contributed by atoms with Gasteiger partial charge in [0.2, 0.25) is 5.91 Å². The number of nitrogens with zero attached hydrogens (tertiary/aromatic N) is 3. The van der Waals surface area contributed by atoms with Crippen LogP contribution in [-0.4, -0.2) is 63.8 Å². The Morgan fingerprint density at radius 2 is 2.24 bits per heavy atom. The number of amides is 2. The van der Waals surface area contributed by atoms with Crippen molar-refractivity contribution in [2.45, 2.75) is 25.3 Å². The fourth-order valence-electron chi connectivity index (χ4n) is 4.22. The van der Waals surface area contributed by atoms with Crippen LogP contribution in [0.3, 0.4) is 0 Å². The summed E-state index contributed by atoms with van der Waals surface area (Å²) in [4.78, 5) is 36.2. The van der Waals surface area contributed by atoms with Crippen LogP contribution < -0.4 is 5.73 Å². The van der Waals surface area contributed by atoms with E-state index in [4.69, 9.17) is 5.73 Å². The fraction of sp³-hybridized carbons (Fsp3) is 0.500. The number of H-pyrrole nitrogens is 1. The molecule has 0 spiro atoms. The van der Waals surface area contributed by atoms with Gasteiger partial charge in [-0.2, -0.15) is 0 Å². The predicted molar refractivity (Wildman–Crippen MR) is 93.9 cm³/mol. The third-order valence-corrected chi connectivity index (χ3v) is 5.47. The number of nitrogens with two attached hydrogens (primary N) is 1. The van der Waals surface area contributed by atoms with Crippen LogP contribution in [0.15, 0.2) is 24.5 Å². The van der Waals surface area contributed by atoms with Crippen molar-refractivity contribution >= 4 is 22.8 Å². The van der Waals surface area contributed by atoms with Gasteiger partial charge in [0.15, 0.2) is 0 Å². The molecule has 2 atom stereocenters. The van der Waals surface area contributed by atoms with Gasteiger partial charge in [0.1, 0.15) is 0 Å². The molecule has 25 heavy (non-hydrogen) atoms. The molecule has 7 heteroatoms. The quantitative estimate of drug-likeness (QED) is 0.870. The number of aromatic nitrogens is 2. The zero-order valence-corrected chi connectivity index (χ0v) is 14.1. The summed E-state index contributed by atoms with van der Waals surface area (Å²) in [6, 6.07) is 5.79. The minimum absolute atomic E-state index is 0.0530. The Balaban J connectivity index is 1.49. The zero-order valence-electron chi connectivity index (χ0n) is 14.1. The molecule has 3 heterocycles. The molecule has 132 valence electrons. The summed E-state index contributed by atoms with van der Waals surface area (Å²) in [7, 11) is 0. The van der Waals surface area contributed by atoms with E-state index >= 15 is 0 Å². The van der Waals surface area contributed by atoms with Crippen LogP contribution in [-0.2, 0) is 4.79 Å². The second-order valence-electron chi connectivity index (χ2n) is 6.92. The van der Waals surface area contributed by atoms with Crippen molar-refractivity contribution < 1.29 is 9.59 Å². The molecule has 2 aliphatic rings. The Morgan fingerprint density at radius 1 is 1.36 bits per heavy atom. The number of fused-ring (bicyclic) bond motifs is 2. The summed E-state index contributed by atoms with van der Waals surface area (Å²) in [6.45, 7) is 2.49. The van der Waals surface area contributed by atoms with Gasteiger partial charge in [-0.1, -0.05) is 0 Å². The van der Waals surface area contributed by atoms with Gasteiger partial charge < -0.3 is 20.5 Å². The molecule has 2 saturated heterocycles. The van der Waals surface area contributed by atoms with Gasteiger partial charge in [0, 0.05) is 44.2 Å². The molecule has 2 fully saturated rings. The Kier molecular flexibility index (Phi) is 4.17. The minimum atomic E-state index is 0.0530. The van der Waals surface area contributed by atoms with E-state index in [1.807, 2.05) is 28.0 Å². The molecule has 0 saturated carbocycles. The molecule has 1 aromatic heterocycles. The highest BCUT2D eigenvalue weighted by atomic mass is 16.2. The highest BCUT2D eigenvalue weighted by Gasteiger charge is 2.40. The van der Waals surface area contributed by atoms with Gasteiger partial charge in [-0.15, -0.1) is 0 Å². The number of likely N-dealkylation sites (tertiary alicyclic amines) is 2. The Morgan fingerprint density at radius 3 is 3.08 bits per heavy atom. The van der Waals surface area contributed by atoms with Crippen LogP contribution in [0.2, 0.25) is 0 Å². The monoisotopic (exact) mass is 341 g/mol. The first-order chi connectivity index (χ1) is 12.2. The summed E-state index contributed by atoms with van der Waals surface area (Å²) in [5.41, 5.74) is 8.08. The number of benzene rings is 1. The molecule has 1 aromatic carbocycles. The van der Waals surface area contributed by atoms with Crippen LogP contribution in [0, 0.1) is 5.92 Å². The molecule has 7 nitrogen and oxygen atoms in total. The van der Waals surface area contributed by atoms with Crippen LogP contribution in [0.25, 0.3) is 11.0 Å². The molecule has 2 aromatic rings. The van der Waals surface area contributed by atoms with Gasteiger partial charge in [-0.05, 0) is 37.0 Å². The normalized spacial score (nSPS) is 23.8. The predicted octanol–water partition coefficient (Wildman–Crippen LogP) is 0.975. The average molecular weight is 341 g/mol. The zero-order chi connectivity index (χ0) is 17.4. The molecule has 4 rings (SSSR count). The average Bonchev–Trinajstić information content (AvgIpc) is 3.11. The van der Waals surface area contributed by atoms with Crippen molar-refractivity contribution in [3.05, 3.63) is 30.1 Å². The first-order valence-corrected chi connectivity index (χ1v) is 8.89. The number of aromatic amines is 1. The van der Waals surface area contributed by atoms with E-state index in [2.05, 4.69) is 9.97 Å². The van der Waals surface area contributed by atoms with Gasteiger partial charge in [0.05, 0.1) is 17.4 Å². The fourth-order valence-corrected chi connectivity index (χ4v) is 4.22. The topological polar surface area (TPSA) is 95.3 Å². The number of carbonyl (C=O) groups excluding carboxylic acids is 2. The van der Waals surface area contributed by atoms with E-state index in [1.165, 1.54) is 0 Å². The molecular formula is C18H23N5O2. The summed E-state index contributed by atoms with van der Waals surface area (Å²) in [5, 5.41) is 0. The van der Waals surface area contributed by atoms with E-state index in [-0.39, 0.29) is 17.9 Å². The first-order valence-electron chi connectivity index (χ1n) is 8.89. The third kappa shape index (κ3) is 2.89. The molecule has 0 unspecified atom stereocenters. The molecule has 2 amide bonds. The molecule has 0 bridgehead atoms. The number of piperidine rings is 2. The number of hydrogen-bond donors (Lipinski definition) is 2. The van der Waals surface area contributed by atoms with Crippen molar-refractivity contribution in [3.8, 4) is 0 Å². The number of imidazole rings is 1. The molecule has 0 radical (unpaired) electrons. The smallest absolute Gasteiger partial charge is 0.253 e. The minimum Gasteiger partial charge on any atom is -0.345 e. The van der Waals surface area contributed by atoms with Gasteiger partial charge in [0.25, 0.3) is 5.91 Å². The molecule has 3 N–H and O–H groups in total. The van der Waals surface area contributed by atoms with Gasteiger partial charge in [-0.25, -0.2) is 4.98 Å². The second-order valence-corrected chi connectivity index (χ2v) is 6.92. The third-order valence-electron chi connectivity index (χ3n) is 5.47. The maximum atomic E-state index is 12.9. The van der Waals surface area contributed by atoms with Gasteiger partial charge in [-0.3, -0.25) is 9.59 Å². The molecular weight excluding hydrogens is 318 g/mol. The highest BCUT2D eigenvalue weighted by Crippen LogP contribution is 2.31. The van der Waals surface area contributed by atoms with Crippen LogP contribution in [0.1, 0.15) is 29.6 Å². The molecule has 2 aliphatic heterocycles. The lowest BCUT2D eigenvalue weighted by atomic mass is 9.83. The second kappa shape index (κ2) is 6.48. The van der Waals surface area contributed by atoms with Crippen LogP contribution in [0.5, 0.6) is 0 Å². The number of nitrogens with one attached hydrogen (secondary N) is 1. The lowest BCUT2D eigenvalue weighted by Gasteiger charge is -2.47. The van der Waals surface area contributed by atoms with Gasteiger partial charge >= 0.3 is 0 Å². The van der Waals surface area contributed by atoms with E-state index in [9.17, 15) is 9.59 Å². The molecule has 0 aliphatic carbocycles. The number of rotatable bonds is 3. The van der Waals surface area contributed by atoms with Crippen molar-refractivity contribution in [2.75, 3.05) is 26.2 Å². The Labute approximate surface area is 146 Å². The summed E-state index contributed by atoms with van der Waals surface area (Å²) >= 11 is 0. The summed E-state index contributed by atoms with van der Waals surface area (Å²) < 4.78 is 0. The van der Waals surface area contributed by atoms with Crippen LogP contribution >= 0.6 is 0 Å². The maximum Gasteiger partial charge on any atom is 0.253 e. The van der Waals surface area contributed by atoms with E-state index in [1.54, 1.807) is 6.33 Å². The largest absolute Gasteiger partial charge is 0.345 e. The summed E-state index contributed by atoms with van der Waals surface area (Å²) in [6.07, 6.45) is 3.88. The maximum absolute atomic E-state index is 12.9. The first kappa shape index (κ1) is 16.1. The van der Waals surface area contributed by atoms with Crippen molar-refractivity contribution in [1.29, 1.82) is 0 Å². The van der Waals surface area contributed by atoms with Crippen molar-refractivity contribution in [1.82, 2.24) is 19.8 Å². The van der Waals surface area contributed by atoms with E-state index in [0.717, 1.165) is 23.9 Å². The SMILES string of the molecule is NCCN1C(=O)CC[C@H]2CN(C(=O)c3ccc4nc[nH]c4c3)CC[C@H]21. The van der Waals surface area contributed by atoms with E-state index < -0.39 is 0 Å². The lowest BCUT2D eigenvalue weighted by molar-refractivity contribution is -0.140. The lowest BCUT2D eigenvalue weighted by Crippen LogP contribution is -2.57. The number of hydrogen-bond acceptors (Lipinski definition) is 4.